The number of alkyl halides is 3. The smallest absolute Gasteiger partial charge is 0.403 e. The van der Waals surface area contributed by atoms with E-state index in [0.29, 0.717) is 30.2 Å². The van der Waals surface area contributed by atoms with Crippen LogP contribution in [0.5, 0.6) is 5.75 Å². The summed E-state index contributed by atoms with van der Waals surface area (Å²) >= 11 is 0. The van der Waals surface area contributed by atoms with Crippen LogP contribution in [0.2, 0.25) is 0 Å². The molecule has 5 heterocycles. The van der Waals surface area contributed by atoms with Crippen molar-refractivity contribution in [3.63, 3.8) is 0 Å². The Morgan fingerprint density at radius 3 is 2.76 bits per heavy atom. The van der Waals surface area contributed by atoms with Crippen molar-refractivity contribution in [3.8, 4) is 5.75 Å². The van der Waals surface area contributed by atoms with E-state index in [-0.39, 0.29) is 23.0 Å². The monoisotopic (exact) mass is 469 g/mol. The largest absolute Gasteiger partial charge is 0.573 e. The van der Waals surface area contributed by atoms with E-state index >= 15 is 0 Å². The number of anilines is 1. The van der Waals surface area contributed by atoms with Gasteiger partial charge < -0.3 is 14.6 Å². The van der Waals surface area contributed by atoms with Gasteiger partial charge in [0.1, 0.15) is 23.1 Å². The van der Waals surface area contributed by atoms with Crippen LogP contribution < -0.4 is 9.64 Å². The normalized spacial score (nSPS) is 18.2. The van der Waals surface area contributed by atoms with E-state index in [9.17, 15) is 18.0 Å². The van der Waals surface area contributed by atoms with Crippen molar-refractivity contribution < 1.29 is 22.7 Å². The number of Topliss-reactive ketones (excluding diaryl/α,β-unsaturated/α-hetero) is 1. The molecule has 4 aromatic rings. The molecule has 1 fully saturated rings. The van der Waals surface area contributed by atoms with Crippen molar-refractivity contribution in [2.24, 2.45) is 5.92 Å². The molecule has 0 radical (unpaired) electrons. The summed E-state index contributed by atoms with van der Waals surface area (Å²) in [5.74, 6) is 0.231. The van der Waals surface area contributed by atoms with E-state index in [0.717, 1.165) is 24.2 Å². The lowest BCUT2D eigenvalue weighted by atomic mass is 10.00. The number of carbonyl (C=O) groups is 1. The second-order valence-corrected chi connectivity index (χ2v) is 8.33. The molecule has 34 heavy (non-hydrogen) atoms. The third-order valence-electron chi connectivity index (χ3n) is 6.05. The lowest BCUT2D eigenvalue weighted by Crippen LogP contribution is -2.37. The number of rotatable bonds is 5. The number of ether oxygens (including phenoxy) is 1. The van der Waals surface area contributed by atoms with Crippen molar-refractivity contribution >= 4 is 17.1 Å². The number of aromatic amines is 1. The molecule has 0 amide bonds. The number of fused-ring (bicyclic) bond motifs is 2. The van der Waals surface area contributed by atoms with Crippen LogP contribution in [0.3, 0.4) is 0 Å². The number of ketones is 1. The fraction of sp³-hybridized carbons (Fsp3) is 0.318. The first-order valence-electron chi connectivity index (χ1n) is 10.8. The van der Waals surface area contributed by atoms with Crippen LogP contribution in [0.1, 0.15) is 46.5 Å². The molecule has 1 saturated carbocycles. The summed E-state index contributed by atoms with van der Waals surface area (Å²) in [6, 6.07) is 3.75. The Morgan fingerprint density at radius 1 is 1.18 bits per heavy atom. The van der Waals surface area contributed by atoms with Crippen LogP contribution in [-0.4, -0.2) is 48.2 Å². The van der Waals surface area contributed by atoms with Gasteiger partial charge in [0.25, 0.3) is 0 Å². The topological polar surface area (TPSA) is 101 Å². The first-order chi connectivity index (χ1) is 16.4. The van der Waals surface area contributed by atoms with E-state index < -0.39 is 12.4 Å². The van der Waals surface area contributed by atoms with Gasteiger partial charge in [-0.05, 0) is 31.0 Å². The predicted molar refractivity (Wildman–Crippen MR) is 112 cm³/mol. The number of halogens is 3. The minimum Gasteiger partial charge on any atom is -0.403 e. The van der Waals surface area contributed by atoms with E-state index in [1.54, 1.807) is 24.8 Å². The highest BCUT2D eigenvalue weighted by atomic mass is 19.4. The zero-order chi connectivity index (χ0) is 23.4. The molecule has 174 valence electrons. The average molecular weight is 469 g/mol. The SMILES string of the molecule is O=C(c1cnc(N2CCc3nc[nH]c3[C@@H]2c2cc3c(OC(F)(F)F)cccn3n2)cn1)C1CC1. The van der Waals surface area contributed by atoms with Crippen LogP contribution in [0, 0.1) is 5.92 Å². The first-order valence-corrected chi connectivity index (χ1v) is 10.8. The van der Waals surface area contributed by atoms with Crippen LogP contribution >= 0.6 is 0 Å². The van der Waals surface area contributed by atoms with Gasteiger partial charge >= 0.3 is 6.36 Å². The fourth-order valence-corrected chi connectivity index (χ4v) is 4.34. The minimum atomic E-state index is -4.82. The fourth-order valence-electron chi connectivity index (χ4n) is 4.34. The van der Waals surface area contributed by atoms with Gasteiger partial charge in [0, 0.05) is 25.1 Å². The zero-order valence-corrected chi connectivity index (χ0v) is 17.7. The van der Waals surface area contributed by atoms with Gasteiger partial charge in [-0.3, -0.25) is 4.79 Å². The van der Waals surface area contributed by atoms with Crippen molar-refractivity contribution in [1.29, 1.82) is 0 Å². The molecule has 0 saturated heterocycles. The van der Waals surface area contributed by atoms with Crippen LogP contribution in [0.15, 0.2) is 43.1 Å². The summed E-state index contributed by atoms with van der Waals surface area (Å²) in [7, 11) is 0. The highest BCUT2D eigenvalue weighted by Gasteiger charge is 2.36. The van der Waals surface area contributed by atoms with Crippen molar-refractivity contribution in [1.82, 2.24) is 29.5 Å². The highest BCUT2D eigenvalue weighted by Crippen LogP contribution is 2.38. The predicted octanol–water partition coefficient (Wildman–Crippen LogP) is 3.49. The molecule has 1 aliphatic heterocycles. The Morgan fingerprint density at radius 2 is 2.03 bits per heavy atom. The Kier molecular flexibility index (Phi) is 4.57. The molecular formula is C22H18F3N7O2. The maximum Gasteiger partial charge on any atom is 0.573 e. The lowest BCUT2D eigenvalue weighted by molar-refractivity contribution is -0.274. The van der Waals surface area contributed by atoms with Gasteiger partial charge in [-0.15, -0.1) is 13.2 Å². The second-order valence-electron chi connectivity index (χ2n) is 8.33. The average Bonchev–Trinajstić information content (AvgIpc) is 3.38. The quantitative estimate of drug-likeness (QED) is 0.447. The van der Waals surface area contributed by atoms with Crippen molar-refractivity contribution in [3.05, 3.63) is 65.9 Å². The summed E-state index contributed by atoms with van der Waals surface area (Å²) in [5, 5.41) is 4.54. The molecule has 1 N–H and O–H groups in total. The standard InChI is InChI=1S/C22H18F3N7O2/c23-22(24,25)34-17-2-1-6-32-16(17)8-14(30-32)20-19-13(28-11-29-19)5-7-31(20)18-10-26-15(9-27-18)21(33)12-3-4-12/h1-2,6,8-12,20H,3-5,7H2,(H,28,29)/t20-/m0/s1. The Bertz CT molecular complexity index is 1380. The molecule has 2 aliphatic rings. The molecule has 1 atom stereocenters. The van der Waals surface area contributed by atoms with Crippen LogP contribution in [0.25, 0.3) is 5.52 Å². The van der Waals surface area contributed by atoms with Gasteiger partial charge in [0.05, 0.1) is 35.8 Å². The van der Waals surface area contributed by atoms with E-state index in [2.05, 4.69) is 29.8 Å². The first kappa shape index (κ1) is 20.6. The maximum atomic E-state index is 12.9. The summed E-state index contributed by atoms with van der Waals surface area (Å²) < 4.78 is 44.2. The number of imidazole rings is 1. The molecule has 12 heteroatoms. The van der Waals surface area contributed by atoms with Gasteiger partial charge in [0.2, 0.25) is 0 Å². The third kappa shape index (κ3) is 3.64. The number of H-pyrrole nitrogens is 1. The summed E-state index contributed by atoms with van der Waals surface area (Å²) in [5.41, 5.74) is 2.62. The van der Waals surface area contributed by atoms with Crippen molar-refractivity contribution in [2.75, 3.05) is 11.4 Å². The van der Waals surface area contributed by atoms with Gasteiger partial charge in [-0.2, -0.15) is 5.10 Å². The Balaban J connectivity index is 1.40. The van der Waals surface area contributed by atoms with E-state index in [1.807, 2.05) is 4.90 Å². The molecule has 6 rings (SSSR count). The zero-order valence-electron chi connectivity index (χ0n) is 17.7. The molecule has 4 aromatic heterocycles. The summed E-state index contributed by atoms with van der Waals surface area (Å²) in [4.78, 5) is 30.6. The van der Waals surface area contributed by atoms with Crippen molar-refractivity contribution in [2.45, 2.75) is 31.7 Å². The number of carbonyl (C=O) groups excluding carboxylic acids is 1. The highest BCUT2D eigenvalue weighted by molar-refractivity contribution is 5.97. The number of nitrogens with zero attached hydrogens (tertiary/aromatic N) is 6. The lowest BCUT2D eigenvalue weighted by Gasteiger charge is -2.34. The molecule has 0 bridgehead atoms. The Labute approximate surface area is 190 Å². The molecule has 0 spiro atoms. The molecule has 1 aliphatic carbocycles. The molecular weight excluding hydrogens is 451 g/mol. The van der Waals surface area contributed by atoms with E-state index in [4.69, 9.17) is 0 Å². The number of nitrogens with one attached hydrogen (secondary N) is 1. The third-order valence-corrected chi connectivity index (χ3v) is 6.05. The van der Waals surface area contributed by atoms with Crippen LogP contribution in [-0.2, 0) is 6.42 Å². The molecule has 9 nitrogen and oxygen atoms in total. The van der Waals surface area contributed by atoms with Gasteiger partial charge in [0.15, 0.2) is 11.5 Å². The molecule has 0 aromatic carbocycles. The van der Waals surface area contributed by atoms with E-state index in [1.165, 1.54) is 22.8 Å². The number of hydrogen-bond acceptors (Lipinski definition) is 7. The maximum absolute atomic E-state index is 12.9. The second kappa shape index (κ2) is 7.54. The van der Waals surface area contributed by atoms with Gasteiger partial charge in [-0.1, -0.05) is 0 Å². The Hall–Kier alpha value is -3.96. The number of aromatic nitrogens is 6. The molecule has 0 unspecified atom stereocenters. The summed E-state index contributed by atoms with van der Waals surface area (Å²) in [6.07, 6.45) is 3.75. The number of hydrogen-bond donors (Lipinski definition) is 1. The summed E-state index contributed by atoms with van der Waals surface area (Å²) in [6.45, 7) is 0.535. The number of pyridine rings is 1. The van der Waals surface area contributed by atoms with Crippen LogP contribution in [0.4, 0.5) is 19.0 Å². The minimum absolute atomic E-state index is 0.00245. The van der Waals surface area contributed by atoms with Gasteiger partial charge in [-0.25, -0.2) is 19.5 Å².